The second-order valence-electron chi connectivity index (χ2n) is 2.72. The molecule has 13 heavy (non-hydrogen) atoms. The smallest absolute Gasteiger partial charge is 0.387 e. The fourth-order valence-corrected chi connectivity index (χ4v) is 1.10. The molecule has 1 rings (SSSR count). The maximum atomic E-state index is 11.8. The van der Waals surface area contributed by atoms with E-state index in [4.69, 9.17) is 0 Å². The van der Waals surface area contributed by atoms with Crippen molar-refractivity contribution in [3.8, 4) is 5.75 Å². The van der Waals surface area contributed by atoms with Crippen LogP contribution in [0.4, 0.5) is 8.78 Å². The van der Waals surface area contributed by atoms with Gasteiger partial charge in [0.25, 0.3) is 0 Å². The number of rotatable bonds is 3. The van der Waals surface area contributed by atoms with Crippen molar-refractivity contribution in [2.75, 3.05) is 0 Å². The first-order valence-electron chi connectivity index (χ1n) is 4.02. The Kier molecular flexibility index (Phi) is 3.23. The molecule has 1 aromatic rings. The van der Waals surface area contributed by atoms with Crippen LogP contribution in [0.5, 0.6) is 5.75 Å². The molecule has 1 radical (unpaired) electrons. The minimum Gasteiger partial charge on any atom is -0.435 e. The lowest BCUT2D eigenvalue weighted by Crippen LogP contribution is -2.02. The van der Waals surface area contributed by atoms with Crippen molar-refractivity contribution in [1.29, 1.82) is 0 Å². The van der Waals surface area contributed by atoms with Gasteiger partial charge in [-0.25, -0.2) is 0 Å². The highest BCUT2D eigenvalue weighted by atomic mass is 19.3. The van der Waals surface area contributed by atoms with Crippen LogP contribution in [-0.2, 0) is 6.42 Å². The lowest BCUT2D eigenvalue weighted by atomic mass is 10.1. The lowest BCUT2D eigenvalue weighted by molar-refractivity contribution is -0.0498. The third-order valence-electron chi connectivity index (χ3n) is 1.66. The molecule has 0 N–H and O–H groups in total. The monoisotopic (exact) mass is 185 g/mol. The summed E-state index contributed by atoms with van der Waals surface area (Å²) < 4.78 is 28.0. The Bertz CT molecular complexity index is 284. The van der Waals surface area contributed by atoms with Gasteiger partial charge in [0, 0.05) is 0 Å². The van der Waals surface area contributed by atoms with Gasteiger partial charge in [0.1, 0.15) is 5.75 Å². The fraction of sp³-hybridized carbons (Fsp3) is 0.300. The molecule has 0 unspecified atom stereocenters. The van der Waals surface area contributed by atoms with Crippen LogP contribution >= 0.6 is 0 Å². The minimum absolute atomic E-state index is 0.180. The maximum Gasteiger partial charge on any atom is 0.387 e. The SMILES string of the molecule is [CH2]c1cc(CC)cc(OC(F)F)c1. The van der Waals surface area contributed by atoms with Gasteiger partial charge < -0.3 is 4.74 Å². The molecule has 0 saturated heterocycles. The molecule has 3 heteroatoms. The molecule has 0 aliphatic carbocycles. The van der Waals surface area contributed by atoms with Crippen molar-refractivity contribution >= 4 is 0 Å². The lowest BCUT2D eigenvalue weighted by Gasteiger charge is -2.07. The Labute approximate surface area is 76.3 Å². The minimum atomic E-state index is -2.77. The van der Waals surface area contributed by atoms with Gasteiger partial charge in [-0.2, -0.15) is 8.78 Å². The van der Waals surface area contributed by atoms with Crippen molar-refractivity contribution in [1.82, 2.24) is 0 Å². The highest BCUT2D eigenvalue weighted by Gasteiger charge is 2.05. The number of benzene rings is 1. The van der Waals surface area contributed by atoms with Crippen molar-refractivity contribution in [2.45, 2.75) is 20.0 Å². The summed E-state index contributed by atoms with van der Waals surface area (Å²) in [5.41, 5.74) is 1.64. The van der Waals surface area contributed by atoms with Crippen LogP contribution in [0.15, 0.2) is 18.2 Å². The van der Waals surface area contributed by atoms with E-state index in [2.05, 4.69) is 11.7 Å². The Morgan fingerprint density at radius 1 is 1.38 bits per heavy atom. The van der Waals surface area contributed by atoms with Crippen molar-refractivity contribution < 1.29 is 13.5 Å². The summed E-state index contributed by atoms with van der Waals surface area (Å²) in [6, 6.07) is 4.94. The van der Waals surface area contributed by atoms with E-state index in [1.54, 1.807) is 6.07 Å². The highest BCUT2D eigenvalue weighted by Crippen LogP contribution is 2.19. The third-order valence-corrected chi connectivity index (χ3v) is 1.66. The summed E-state index contributed by atoms with van der Waals surface area (Å²) in [5.74, 6) is 0.180. The van der Waals surface area contributed by atoms with Crippen LogP contribution in [0.25, 0.3) is 0 Å². The number of halogens is 2. The van der Waals surface area contributed by atoms with Crippen molar-refractivity contribution in [3.05, 3.63) is 36.2 Å². The molecule has 71 valence electrons. The first kappa shape index (κ1) is 9.96. The number of hydrogen-bond donors (Lipinski definition) is 0. The topological polar surface area (TPSA) is 9.23 Å². The summed E-state index contributed by atoms with van der Waals surface area (Å²) in [4.78, 5) is 0. The fourth-order valence-electron chi connectivity index (χ4n) is 1.10. The highest BCUT2D eigenvalue weighted by molar-refractivity contribution is 5.35. The largest absolute Gasteiger partial charge is 0.435 e. The summed E-state index contributed by atoms with van der Waals surface area (Å²) >= 11 is 0. The molecular weight excluding hydrogens is 174 g/mol. The predicted octanol–water partition coefficient (Wildman–Crippen LogP) is 3.03. The van der Waals surface area contributed by atoms with E-state index < -0.39 is 6.61 Å². The Balaban J connectivity index is 2.88. The first-order valence-corrected chi connectivity index (χ1v) is 4.02. The van der Waals surface area contributed by atoms with Crippen molar-refractivity contribution in [3.63, 3.8) is 0 Å². The zero-order chi connectivity index (χ0) is 9.84. The van der Waals surface area contributed by atoms with Crippen LogP contribution in [0, 0.1) is 6.92 Å². The summed E-state index contributed by atoms with van der Waals surface area (Å²) in [7, 11) is 0. The van der Waals surface area contributed by atoms with E-state index in [1.165, 1.54) is 6.07 Å². The van der Waals surface area contributed by atoms with Gasteiger partial charge in [0.2, 0.25) is 0 Å². The van der Waals surface area contributed by atoms with Crippen molar-refractivity contribution in [2.24, 2.45) is 0 Å². The molecule has 0 aliphatic heterocycles. The maximum absolute atomic E-state index is 11.8. The molecule has 0 heterocycles. The summed E-state index contributed by atoms with van der Waals surface area (Å²) in [5, 5.41) is 0. The van der Waals surface area contributed by atoms with Gasteiger partial charge in [0.05, 0.1) is 0 Å². The standard InChI is InChI=1S/C10H11F2O/c1-3-8-4-7(2)5-9(6-8)13-10(11)12/h4-6,10H,2-3H2,1H3. The zero-order valence-corrected chi connectivity index (χ0v) is 7.39. The van der Waals surface area contributed by atoms with Gasteiger partial charge in [-0.3, -0.25) is 0 Å². The average Bonchev–Trinajstić information content (AvgIpc) is 2.01. The second kappa shape index (κ2) is 4.21. The van der Waals surface area contributed by atoms with E-state index in [0.717, 1.165) is 12.0 Å². The molecule has 0 atom stereocenters. The third kappa shape index (κ3) is 3.01. The number of aryl methyl sites for hydroxylation is 1. The Morgan fingerprint density at radius 3 is 2.62 bits per heavy atom. The van der Waals surface area contributed by atoms with E-state index >= 15 is 0 Å². The number of hydrogen-bond acceptors (Lipinski definition) is 1. The van der Waals surface area contributed by atoms with Crippen LogP contribution in [0.1, 0.15) is 18.1 Å². The molecule has 0 amide bonds. The molecule has 0 aliphatic rings. The van der Waals surface area contributed by atoms with Gasteiger partial charge in [0.15, 0.2) is 0 Å². The summed E-state index contributed by atoms with van der Waals surface area (Å²) in [6.45, 7) is 2.85. The second-order valence-corrected chi connectivity index (χ2v) is 2.72. The van der Waals surface area contributed by atoms with Crippen LogP contribution in [0.3, 0.4) is 0 Å². The van der Waals surface area contributed by atoms with Crippen LogP contribution < -0.4 is 4.74 Å². The molecule has 0 bridgehead atoms. The molecule has 0 aromatic heterocycles. The van der Waals surface area contributed by atoms with Gasteiger partial charge in [-0.15, -0.1) is 0 Å². The number of ether oxygens (including phenoxy) is 1. The normalized spacial score (nSPS) is 10.5. The Hall–Kier alpha value is -1.12. The van der Waals surface area contributed by atoms with E-state index in [1.807, 2.05) is 13.0 Å². The molecule has 1 aromatic carbocycles. The number of alkyl halides is 2. The first-order chi connectivity index (χ1) is 6.11. The van der Waals surface area contributed by atoms with Gasteiger partial charge in [-0.05, 0) is 36.6 Å². The average molecular weight is 185 g/mol. The van der Waals surface area contributed by atoms with E-state index in [9.17, 15) is 8.78 Å². The molecular formula is C10H11F2O. The van der Waals surface area contributed by atoms with Crippen LogP contribution in [0.2, 0.25) is 0 Å². The van der Waals surface area contributed by atoms with Gasteiger partial charge in [-0.1, -0.05) is 13.0 Å². The molecule has 0 spiro atoms. The molecule has 0 saturated carbocycles. The molecule has 0 fully saturated rings. The molecule has 1 nitrogen and oxygen atoms in total. The quantitative estimate of drug-likeness (QED) is 0.703. The zero-order valence-electron chi connectivity index (χ0n) is 7.39. The summed E-state index contributed by atoms with van der Waals surface area (Å²) in [6.07, 6.45) is 0.781. The van der Waals surface area contributed by atoms with Crippen LogP contribution in [-0.4, -0.2) is 6.61 Å². The Morgan fingerprint density at radius 2 is 2.08 bits per heavy atom. The predicted molar refractivity (Wildman–Crippen MR) is 46.9 cm³/mol. The van der Waals surface area contributed by atoms with Gasteiger partial charge >= 0.3 is 6.61 Å². The van der Waals surface area contributed by atoms with E-state index in [0.29, 0.717) is 5.56 Å². The van der Waals surface area contributed by atoms with E-state index in [-0.39, 0.29) is 5.75 Å².